The Hall–Kier alpha value is -1.75. The first-order chi connectivity index (χ1) is 10.1. The van der Waals surface area contributed by atoms with Gasteiger partial charge in [0.1, 0.15) is 0 Å². The van der Waals surface area contributed by atoms with Gasteiger partial charge in [0.15, 0.2) is 0 Å². The molecular formula is C16H25N3O2. The van der Waals surface area contributed by atoms with E-state index in [1.807, 2.05) is 43.3 Å². The molecule has 1 fully saturated rings. The number of amides is 2. The zero-order valence-corrected chi connectivity index (χ0v) is 12.9. The summed E-state index contributed by atoms with van der Waals surface area (Å²) in [5.41, 5.74) is 2.23. The summed E-state index contributed by atoms with van der Waals surface area (Å²) in [6.07, 6.45) is 1.97. The number of aliphatic hydroxyl groups is 1. The molecule has 0 aliphatic carbocycles. The molecule has 0 unspecified atom stereocenters. The molecule has 1 saturated heterocycles. The highest BCUT2D eigenvalue weighted by Gasteiger charge is 2.22. The van der Waals surface area contributed by atoms with Crippen molar-refractivity contribution in [1.29, 1.82) is 0 Å². The first-order valence-corrected chi connectivity index (χ1v) is 7.50. The molecule has 1 aromatic carbocycles. The Morgan fingerprint density at radius 3 is 2.71 bits per heavy atom. The minimum Gasteiger partial charge on any atom is -0.396 e. The minimum atomic E-state index is -0.0372. The van der Waals surface area contributed by atoms with Crippen molar-refractivity contribution in [2.75, 3.05) is 38.7 Å². The lowest BCUT2D eigenvalue weighted by Crippen LogP contribution is -2.45. The molecule has 2 N–H and O–H groups in total. The van der Waals surface area contributed by atoms with Gasteiger partial charge in [-0.1, -0.05) is 12.1 Å². The van der Waals surface area contributed by atoms with Crippen LogP contribution in [0.4, 0.5) is 10.5 Å². The van der Waals surface area contributed by atoms with Gasteiger partial charge in [0.25, 0.3) is 0 Å². The van der Waals surface area contributed by atoms with Crippen molar-refractivity contribution in [2.45, 2.75) is 19.4 Å². The Bertz CT molecular complexity index is 459. The van der Waals surface area contributed by atoms with Crippen LogP contribution in [0, 0.1) is 5.92 Å². The number of aliphatic hydroxyl groups excluding tert-OH is 1. The second kappa shape index (κ2) is 7.31. The van der Waals surface area contributed by atoms with Gasteiger partial charge in [-0.2, -0.15) is 0 Å². The number of rotatable bonds is 4. The molecule has 0 aromatic heterocycles. The molecule has 5 heteroatoms. The lowest BCUT2D eigenvalue weighted by atomic mass is 9.99. The second-order valence-electron chi connectivity index (χ2n) is 5.86. The van der Waals surface area contributed by atoms with Gasteiger partial charge in [-0.3, -0.25) is 0 Å². The van der Waals surface area contributed by atoms with E-state index in [1.165, 1.54) is 0 Å². The summed E-state index contributed by atoms with van der Waals surface area (Å²) >= 11 is 0. The molecule has 1 atom stereocenters. The van der Waals surface area contributed by atoms with Crippen LogP contribution in [-0.4, -0.2) is 49.8 Å². The van der Waals surface area contributed by atoms with Crippen molar-refractivity contribution in [1.82, 2.24) is 10.2 Å². The highest BCUT2D eigenvalue weighted by molar-refractivity contribution is 5.74. The molecule has 0 bridgehead atoms. The molecule has 0 spiro atoms. The van der Waals surface area contributed by atoms with E-state index in [9.17, 15) is 9.90 Å². The van der Waals surface area contributed by atoms with Crippen LogP contribution in [0.3, 0.4) is 0 Å². The van der Waals surface area contributed by atoms with Gasteiger partial charge in [-0.15, -0.1) is 0 Å². The first kappa shape index (κ1) is 15.6. The predicted molar refractivity (Wildman–Crippen MR) is 84.4 cm³/mol. The monoisotopic (exact) mass is 291 g/mol. The molecule has 116 valence electrons. The van der Waals surface area contributed by atoms with E-state index in [1.54, 1.807) is 4.90 Å². The quantitative estimate of drug-likeness (QED) is 0.887. The fraction of sp³-hybridized carbons (Fsp3) is 0.562. The van der Waals surface area contributed by atoms with Crippen LogP contribution in [0.15, 0.2) is 24.3 Å². The number of nitrogens with zero attached hydrogens (tertiary/aromatic N) is 2. The normalized spacial score (nSPS) is 18.4. The van der Waals surface area contributed by atoms with E-state index < -0.39 is 0 Å². The third kappa shape index (κ3) is 4.36. The van der Waals surface area contributed by atoms with E-state index >= 15 is 0 Å². The van der Waals surface area contributed by atoms with Gasteiger partial charge < -0.3 is 20.2 Å². The summed E-state index contributed by atoms with van der Waals surface area (Å²) in [7, 11) is 4.01. The Labute approximate surface area is 126 Å². The Morgan fingerprint density at radius 2 is 2.10 bits per heavy atom. The van der Waals surface area contributed by atoms with Crippen LogP contribution < -0.4 is 10.2 Å². The molecule has 5 nitrogen and oxygen atoms in total. The Kier molecular flexibility index (Phi) is 5.44. The maximum Gasteiger partial charge on any atom is 0.317 e. The SMILES string of the molecule is CN(C)c1ccc(CNC(=O)N2CCC[C@@H](CO)C2)cc1. The number of likely N-dealkylation sites (tertiary alicyclic amines) is 1. The zero-order chi connectivity index (χ0) is 15.2. The first-order valence-electron chi connectivity index (χ1n) is 7.50. The zero-order valence-electron chi connectivity index (χ0n) is 12.9. The molecule has 2 rings (SSSR count). The highest BCUT2D eigenvalue weighted by atomic mass is 16.3. The molecule has 21 heavy (non-hydrogen) atoms. The third-order valence-corrected chi connectivity index (χ3v) is 3.96. The third-order valence-electron chi connectivity index (χ3n) is 3.96. The van der Waals surface area contributed by atoms with Gasteiger partial charge in [-0.05, 0) is 36.5 Å². The van der Waals surface area contributed by atoms with E-state index in [-0.39, 0.29) is 18.6 Å². The summed E-state index contributed by atoms with van der Waals surface area (Å²) < 4.78 is 0. The number of carbonyl (C=O) groups excluding carboxylic acids is 1. The molecule has 1 aliphatic heterocycles. The maximum atomic E-state index is 12.1. The maximum absolute atomic E-state index is 12.1. The van der Waals surface area contributed by atoms with E-state index in [0.717, 1.165) is 30.6 Å². The van der Waals surface area contributed by atoms with E-state index in [0.29, 0.717) is 13.1 Å². The minimum absolute atomic E-state index is 0.0372. The molecule has 0 saturated carbocycles. The smallest absolute Gasteiger partial charge is 0.317 e. The van der Waals surface area contributed by atoms with Gasteiger partial charge in [0.2, 0.25) is 0 Å². The van der Waals surface area contributed by atoms with Crippen molar-refractivity contribution in [2.24, 2.45) is 5.92 Å². The highest BCUT2D eigenvalue weighted by Crippen LogP contribution is 2.16. The largest absolute Gasteiger partial charge is 0.396 e. The molecule has 1 aliphatic rings. The topological polar surface area (TPSA) is 55.8 Å². The summed E-state index contributed by atoms with van der Waals surface area (Å²) in [6.45, 7) is 2.13. The number of anilines is 1. The molecule has 1 aromatic rings. The van der Waals surface area contributed by atoms with E-state index in [4.69, 9.17) is 0 Å². The number of urea groups is 1. The number of piperidine rings is 1. The fourth-order valence-corrected chi connectivity index (χ4v) is 2.60. The second-order valence-corrected chi connectivity index (χ2v) is 5.86. The van der Waals surface area contributed by atoms with Crippen molar-refractivity contribution in [3.05, 3.63) is 29.8 Å². The predicted octanol–water partition coefficient (Wildman–Crippen LogP) is 1.67. The lowest BCUT2D eigenvalue weighted by Gasteiger charge is -2.31. The van der Waals surface area contributed by atoms with Crippen molar-refractivity contribution in [3.8, 4) is 0 Å². The summed E-state index contributed by atoms with van der Waals surface area (Å²) in [4.78, 5) is 16.0. The number of carbonyl (C=O) groups is 1. The van der Waals surface area contributed by atoms with Gasteiger partial charge in [-0.25, -0.2) is 4.79 Å². The Balaban J connectivity index is 1.83. The molecule has 2 amide bonds. The molecular weight excluding hydrogens is 266 g/mol. The average Bonchev–Trinajstić information content (AvgIpc) is 2.53. The van der Waals surface area contributed by atoms with Gasteiger partial charge in [0, 0.05) is 46.0 Å². The van der Waals surface area contributed by atoms with Crippen LogP contribution in [0.25, 0.3) is 0 Å². The van der Waals surface area contributed by atoms with Crippen LogP contribution in [0.5, 0.6) is 0 Å². The van der Waals surface area contributed by atoms with Crippen LogP contribution in [0.1, 0.15) is 18.4 Å². The van der Waals surface area contributed by atoms with E-state index in [2.05, 4.69) is 5.32 Å². The molecule has 0 radical (unpaired) electrons. The van der Waals surface area contributed by atoms with Crippen LogP contribution in [0.2, 0.25) is 0 Å². The van der Waals surface area contributed by atoms with Crippen molar-refractivity contribution in [3.63, 3.8) is 0 Å². The Morgan fingerprint density at radius 1 is 1.38 bits per heavy atom. The average molecular weight is 291 g/mol. The van der Waals surface area contributed by atoms with Crippen LogP contribution in [-0.2, 0) is 6.54 Å². The number of benzene rings is 1. The summed E-state index contributed by atoms with van der Waals surface area (Å²) in [6, 6.07) is 8.11. The van der Waals surface area contributed by atoms with Gasteiger partial charge in [0.05, 0.1) is 0 Å². The number of nitrogens with one attached hydrogen (secondary N) is 1. The number of hydrogen-bond donors (Lipinski definition) is 2. The summed E-state index contributed by atoms with van der Waals surface area (Å²) in [5, 5.41) is 12.2. The fourth-order valence-electron chi connectivity index (χ4n) is 2.60. The number of hydrogen-bond acceptors (Lipinski definition) is 3. The lowest BCUT2D eigenvalue weighted by molar-refractivity contribution is 0.129. The van der Waals surface area contributed by atoms with Gasteiger partial charge >= 0.3 is 6.03 Å². The van der Waals surface area contributed by atoms with Crippen LogP contribution >= 0.6 is 0 Å². The standard InChI is InChI=1S/C16H25N3O2/c1-18(2)15-7-5-13(6-8-15)10-17-16(21)19-9-3-4-14(11-19)12-20/h5-8,14,20H,3-4,9-12H2,1-2H3,(H,17,21)/t14-/m1/s1. The summed E-state index contributed by atoms with van der Waals surface area (Å²) in [5.74, 6) is 0.226. The molecule has 1 heterocycles. The van der Waals surface area contributed by atoms with Crippen molar-refractivity contribution < 1.29 is 9.90 Å². The van der Waals surface area contributed by atoms with Crippen molar-refractivity contribution >= 4 is 11.7 Å².